The van der Waals surface area contributed by atoms with Gasteiger partial charge in [-0.1, -0.05) is 25.4 Å². The predicted octanol–water partition coefficient (Wildman–Crippen LogP) is 3.38. The first kappa shape index (κ1) is 14.2. The Labute approximate surface area is 121 Å². The monoisotopic (exact) mass is 297 g/mol. The van der Waals surface area contributed by atoms with Crippen LogP contribution in [0.4, 0.5) is 0 Å². The molecule has 0 aromatic carbocycles. The smallest absolute Gasteiger partial charge is 0.181 e. The minimum Gasteiger partial charge on any atom is -0.293 e. The van der Waals surface area contributed by atoms with Crippen molar-refractivity contribution in [2.75, 3.05) is 0 Å². The number of hydrogen-bond acceptors (Lipinski definition) is 4. The Kier molecular flexibility index (Phi) is 4.37. The van der Waals surface area contributed by atoms with E-state index >= 15 is 0 Å². The van der Waals surface area contributed by atoms with E-state index in [1.165, 1.54) is 17.7 Å². The van der Waals surface area contributed by atoms with Crippen LogP contribution in [0, 0.1) is 12.8 Å². The quantitative estimate of drug-likeness (QED) is 0.795. The van der Waals surface area contributed by atoms with Crippen molar-refractivity contribution in [1.82, 2.24) is 14.8 Å². The van der Waals surface area contributed by atoms with Crippen LogP contribution < -0.4 is 0 Å². The van der Waals surface area contributed by atoms with Gasteiger partial charge in [-0.25, -0.2) is 9.67 Å². The molecule has 102 valence electrons. The SMILES string of the molecule is Cc1csc(C(=O)Cc2ncnn2CC(C)C)c1Cl. The molecule has 0 unspecified atom stereocenters. The minimum atomic E-state index is 0.00102. The molecule has 2 aromatic rings. The average Bonchev–Trinajstić information content (AvgIpc) is 2.88. The number of aromatic nitrogens is 3. The van der Waals surface area contributed by atoms with Gasteiger partial charge in [0.2, 0.25) is 0 Å². The average molecular weight is 298 g/mol. The molecule has 0 aliphatic rings. The van der Waals surface area contributed by atoms with Gasteiger partial charge in [0.15, 0.2) is 5.78 Å². The molecule has 0 fully saturated rings. The molecule has 0 spiro atoms. The Bertz CT molecular complexity index is 588. The van der Waals surface area contributed by atoms with E-state index in [0.29, 0.717) is 21.6 Å². The van der Waals surface area contributed by atoms with Crippen molar-refractivity contribution >= 4 is 28.7 Å². The molecule has 2 heterocycles. The lowest BCUT2D eigenvalue weighted by molar-refractivity contribution is 0.0993. The third-order valence-electron chi connectivity index (χ3n) is 2.70. The number of carbonyl (C=O) groups excluding carboxylic acids is 1. The number of ketones is 1. The first-order valence-electron chi connectivity index (χ1n) is 6.12. The first-order chi connectivity index (χ1) is 8.99. The van der Waals surface area contributed by atoms with E-state index in [1.807, 2.05) is 12.3 Å². The third kappa shape index (κ3) is 3.22. The lowest BCUT2D eigenvalue weighted by Crippen LogP contribution is -2.14. The maximum Gasteiger partial charge on any atom is 0.181 e. The number of nitrogens with zero attached hydrogens (tertiary/aromatic N) is 3. The van der Waals surface area contributed by atoms with Crippen molar-refractivity contribution in [1.29, 1.82) is 0 Å². The summed E-state index contributed by atoms with van der Waals surface area (Å²) in [5.74, 6) is 1.16. The van der Waals surface area contributed by atoms with Crippen molar-refractivity contribution in [3.05, 3.63) is 33.0 Å². The molecule has 6 heteroatoms. The molecule has 0 radical (unpaired) electrons. The predicted molar refractivity (Wildman–Crippen MR) is 77.0 cm³/mol. The molecule has 0 amide bonds. The summed E-state index contributed by atoms with van der Waals surface area (Å²) in [6.07, 6.45) is 1.73. The molecule has 0 aliphatic heterocycles. The van der Waals surface area contributed by atoms with Crippen molar-refractivity contribution in [2.45, 2.75) is 33.7 Å². The van der Waals surface area contributed by atoms with Gasteiger partial charge in [0, 0.05) is 6.54 Å². The summed E-state index contributed by atoms with van der Waals surface area (Å²) < 4.78 is 1.79. The Morgan fingerprint density at radius 1 is 1.53 bits per heavy atom. The van der Waals surface area contributed by atoms with Crippen LogP contribution in [0.5, 0.6) is 0 Å². The molecule has 0 bridgehead atoms. The van der Waals surface area contributed by atoms with Gasteiger partial charge in [-0.05, 0) is 23.8 Å². The van der Waals surface area contributed by atoms with Gasteiger partial charge < -0.3 is 0 Å². The molecular formula is C13H16ClN3OS. The summed E-state index contributed by atoms with van der Waals surface area (Å²) in [5.41, 5.74) is 0.943. The number of rotatable bonds is 5. The molecular weight excluding hydrogens is 282 g/mol. The van der Waals surface area contributed by atoms with E-state index < -0.39 is 0 Å². The van der Waals surface area contributed by atoms with E-state index in [4.69, 9.17) is 11.6 Å². The van der Waals surface area contributed by atoms with Crippen LogP contribution in [0.2, 0.25) is 5.02 Å². The second-order valence-electron chi connectivity index (χ2n) is 4.91. The van der Waals surface area contributed by atoms with Crippen LogP contribution in [0.3, 0.4) is 0 Å². The molecule has 2 rings (SSSR count). The van der Waals surface area contributed by atoms with Crippen LogP contribution >= 0.6 is 22.9 Å². The fourth-order valence-corrected chi connectivity index (χ4v) is 3.00. The Morgan fingerprint density at radius 2 is 2.26 bits per heavy atom. The summed E-state index contributed by atoms with van der Waals surface area (Å²) in [6.45, 7) is 6.87. The van der Waals surface area contributed by atoms with Crippen molar-refractivity contribution < 1.29 is 4.79 Å². The highest BCUT2D eigenvalue weighted by molar-refractivity contribution is 7.13. The van der Waals surface area contributed by atoms with E-state index in [1.54, 1.807) is 4.68 Å². The maximum absolute atomic E-state index is 12.2. The Morgan fingerprint density at radius 3 is 2.84 bits per heavy atom. The first-order valence-corrected chi connectivity index (χ1v) is 7.38. The zero-order chi connectivity index (χ0) is 14.0. The standard InChI is InChI=1S/C13H16ClN3OS/c1-8(2)5-17-11(15-7-16-17)4-10(18)13-12(14)9(3)6-19-13/h6-8H,4-5H2,1-3H3. The van der Waals surface area contributed by atoms with Crippen molar-refractivity contribution in [3.63, 3.8) is 0 Å². The molecule has 0 saturated heterocycles. The van der Waals surface area contributed by atoms with Gasteiger partial charge in [-0.3, -0.25) is 4.79 Å². The second kappa shape index (κ2) is 5.84. The highest BCUT2D eigenvalue weighted by Gasteiger charge is 2.18. The Hall–Kier alpha value is -1.20. The molecule has 2 aromatic heterocycles. The summed E-state index contributed by atoms with van der Waals surface area (Å²) in [7, 11) is 0. The van der Waals surface area contributed by atoms with Crippen LogP contribution in [-0.2, 0) is 13.0 Å². The normalized spacial score (nSPS) is 11.2. The van der Waals surface area contributed by atoms with E-state index in [2.05, 4.69) is 23.9 Å². The topological polar surface area (TPSA) is 47.8 Å². The third-order valence-corrected chi connectivity index (χ3v) is 4.44. The van der Waals surface area contributed by atoms with Crippen LogP contribution in [0.1, 0.15) is 34.9 Å². The van der Waals surface area contributed by atoms with Crippen LogP contribution in [-0.4, -0.2) is 20.5 Å². The molecule has 0 atom stereocenters. The number of halogens is 1. The second-order valence-corrected chi connectivity index (χ2v) is 6.17. The fraction of sp³-hybridized carbons (Fsp3) is 0.462. The van der Waals surface area contributed by atoms with E-state index in [-0.39, 0.29) is 12.2 Å². The molecule has 0 aliphatic carbocycles. The van der Waals surface area contributed by atoms with Crippen LogP contribution in [0.15, 0.2) is 11.7 Å². The van der Waals surface area contributed by atoms with Gasteiger partial charge in [0.25, 0.3) is 0 Å². The number of aryl methyl sites for hydroxylation is 1. The van der Waals surface area contributed by atoms with Crippen molar-refractivity contribution in [3.8, 4) is 0 Å². The van der Waals surface area contributed by atoms with Gasteiger partial charge in [0.1, 0.15) is 12.2 Å². The van der Waals surface area contributed by atoms with Gasteiger partial charge in [0.05, 0.1) is 16.3 Å². The molecule has 0 N–H and O–H groups in total. The molecule has 0 saturated carbocycles. The summed E-state index contributed by atoms with van der Waals surface area (Å²) >= 11 is 7.50. The van der Waals surface area contributed by atoms with Crippen molar-refractivity contribution in [2.24, 2.45) is 5.92 Å². The van der Waals surface area contributed by atoms with Gasteiger partial charge in [-0.2, -0.15) is 5.10 Å². The lowest BCUT2D eigenvalue weighted by Gasteiger charge is -2.07. The molecule has 4 nitrogen and oxygen atoms in total. The number of thiophene rings is 1. The number of carbonyl (C=O) groups is 1. The zero-order valence-electron chi connectivity index (χ0n) is 11.2. The van der Waals surface area contributed by atoms with Gasteiger partial charge >= 0.3 is 0 Å². The van der Waals surface area contributed by atoms with E-state index in [0.717, 1.165) is 12.1 Å². The highest BCUT2D eigenvalue weighted by Crippen LogP contribution is 2.28. The maximum atomic E-state index is 12.2. The summed E-state index contributed by atoms with van der Waals surface area (Å²) in [4.78, 5) is 17.0. The van der Waals surface area contributed by atoms with E-state index in [9.17, 15) is 4.79 Å². The molecule has 19 heavy (non-hydrogen) atoms. The number of Topliss-reactive ketones (excluding diaryl/α,β-unsaturated/α-hetero) is 1. The minimum absolute atomic E-state index is 0.00102. The largest absolute Gasteiger partial charge is 0.293 e. The summed E-state index contributed by atoms with van der Waals surface area (Å²) in [5, 5.41) is 6.61. The summed E-state index contributed by atoms with van der Waals surface area (Å²) in [6, 6.07) is 0. The number of hydrogen-bond donors (Lipinski definition) is 0. The lowest BCUT2D eigenvalue weighted by atomic mass is 10.2. The highest BCUT2D eigenvalue weighted by atomic mass is 35.5. The van der Waals surface area contributed by atoms with Crippen LogP contribution in [0.25, 0.3) is 0 Å². The fourth-order valence-electron chi connectivity index (χ4n) is 1.77. The van der Waals surface area contributed by atoms with Gasteiger partial charge in [-0.15, -0.1) is 11.3 Å². The zero-order valence-corrected chi connectivity index (χ0v) is 12.8. The Balaban J connectivity index is 2.15.